The van der Waals surface area contributed by atoms with Crippen molar-refractivity contribution in [3.8, 4) is 23.3 Å². The minimum Gasteiger partial charge on any atom is -0.493 e. The van der Waals surface area contributed by atoms with Gasteiger partial charge in [-0.3, -0.25) is 14.2 Å². The van der Waals surface area contributed by atoms with Gasteiger partial charge in [-0.25, -0.2) is 12.8 Å². The number of carbonyl (C=O) groups is 1. The standard InChI is InChI=1S/C32H27F3N4O6S2/c1-44-27-16-20(12-13-26(27)45-32(34)35)17-28-30(41)39(25-11-4-3-10-24(25)33)31(46-28)23(19-36)29(40)37-21-8-7-9-22(18-21)47(42,43)38-14-5-2-6-15-38/h3-4,7-13,16-18,32H,2,5-6,14-15H2,1H3,(H,37,40)/b28-17+,31-23+. The molecular weight excluding hydrogens is 658 g/mol. The van der Waals surface area contributed by atoms with Gasteiger partial charge in [0, 0.05) is 18.8 Å². The highest BCUT2D eigenvalue weighted by Crippen LogP contribution is 2.29. The van der Waals surface area contributed by atoms with Crippen molar-refractivity contribution in [2.45, 2.75) is 30.8 Å². The number of nitrogens with zero attached hydrogens (tertiary/aromatic N) is 3. The Kier molecular flexibility index (Phi) is 10.1. The second kappa shape index (κ2) is 14.2. The van der Waals surface area contributed by atoms with E-state index in [-0.39, 0.29) is 37.0 Å². The third-order valence-corrected chi connectivity index (χ3v) is 10.2. The Morgan fingerprint density at radius 1 is 1.04 bits per heavy atom. The molecule has 0 saturated carbocycles. The van der Waals surface area contributed by atoms with E-state index in [1.165, 1.54) is 78.2 Å². The van der Waals surface area contributed by atoms with E-state index in [9.17, 15) is 32.0 Å². The molecule has 0 aliphatic carbocycles. The molecule has 0 bridgehead atoms. The minimum absolute atomic E-state index is 0.0250. The van der Waals surface area contributed by atoms with Crippen molar-refractivity contribution in [1.29, 1.82) is 5.26 Å². The summed E-state index contributed by atoms with van der Waals surface area (Å²) in [6.45, 7) is -2.33. The number of para-hydroxylation sites is 1. The third kappa shape index (κ3) is 7.25. The maximum absolute atomic E-state index is 15.0. The van der Waals surface area contributed by atoms with Gasteiger partial charge in [0.2, 0.25) is 10.0 Å². The molecule has 0 atom stereocenters. The van der Waals surface area contributed by atoms with Crippen molar-refractivity contribution in [1.82, 2.24) is 8.87 Å². The SMILES string of the molecule is COc1cc(/C=c2/s/c(=C(\C#N)C(=O)Nc3cccc(S(=O)(=O)N4CCCCC4)c3)n(-c3ccccc3F)c2=O)ccc1OC(F)F. The molecule has 244 valence electrons. The molecule has 1 N–H and O–H groups in total. The summed E-state index contributed by atoms with van der Waals surface area (Å²) in [5.41, 5.74) is -1.13. The van der Waals surface area contributed by atoms with Crippen LogP contribution in [0.25, 0.3) is 17.3 Å². The highest BCUT2D eigenvalue weighted by atomic mass is 32.2. The van der Waals surface area contributed by atoms with Crippen molar-refractivity contribution in [3.63, 3.8) is 0 Å². The van der Waals surface area contributed by atoms with E-state index in [1.807, 2.05) is 0 Å². The smallest absolute Gasteiger partial charge is 0.387 e. The van der Waals surface area contributed by atoms with Crippen molar-refractivity contribution in [2.24, 2.45) is 0 Å². The second-order valence-corrected chi connectivity index (χ2v) is 13.2. The third-order valence-electron chi connectivity index (χ3n) is 7.22. The van der Waals surface area contributed by atoms with Crippen LogP contribution in [0.3, 0.4) is 0 Å². The molecule has 0 spiro atoms. The Morgan fingerprint density at radius 2 is 1.79 bits per heavy atom. The molecule has 5 rings (SSSR count). The van der Waals surface area contributed by atoms with Gasteiger partial charge in [0.1, 0.15) is 16.5 Å². The number of sulfonamides is 1. The van der Waals surface area contributed by atoms with Crippen molar-refractivity contribution in [3.05, 3.63) is 97.7 Å². The number of aromatic nitrogens is 1. The number of thiazole rings is 1. The summed E-state index contributed by atoms with van der Waals surface area (Å²) in [6, 6.07) is 16.6. The summed E-state index contributed by atoms with van der Waals surface area (Å²) >= 11 is 0.724. The highest BCUT2D eigenvalue weighted by molar-refractivity contribution is 7.89. The predicted octanol–water partition coefficient (Wildman–Crippen LogP) is 3.96. The lowest BCUT2D eigenvalue weighted by Gasteiger charge is -2.26. The first kappa shape index (κ1) is 33.5. The van der Waals surface area contributed by atoms with E-state index >= 15 is 4.39 Å². The number of anilines is 1. The van der Waals surface area contributed by atoms with Gasteiger partial charge >= 0.3 is 6.61 Å². The van der Waals surface area contributed by atoms with Crippen LogP contribution in [0.4, 0.5) is 18.9 Å². The number of carbonyl (C=O) groups excluding carboxylic acids is 1. The molecule has 10 nitrogen and oxygen atoms in total. The van der Waals surface area contributed by atoms with Crippen LogP contribution in [-0.4, -0.2) is 50.0 Å². The molecule has 3 aromatic carbocycles. The molecule has 1 aliphatic rings. The summed E-state index contributed by atoms with van der Waals surface area (Å²) in [4.78, 5) is 27.2. The Morgan fingerprint density at radius 3 is 2.47 bits per heavy atom. The van der Waals surface area contributed by atoms with Gasteiger partial charge in [0.15, 0.2) is 17.1 Å². The van der Waals surface area contributed by atoms with Crippen LogP contribution in [0.15, 0.2) is 76.4 Å². The van der Waals surface area contributed by atoms with Crippen LogP contribution in [0.2, 0.25) is 0 Å². The molecule has 0 radical (unpaired) electrons. The largest absolute Gasteiger partial charge is 0.493 e. The molecule has 1 fully saturated rings. The quantitative estimate of drug-likeness (QED) is 0.283. The van der Waals surface area contributed by atoms with Crippen LogP contribution in [0.1, 0.15) is 24.8 Å². The van der Waals surface area contributed by atoms with Gasteiger partial charge < -0.3 is 14.8 Å². The Bertz CT molecular complexity index is 2150. The zero-order chi connectivity index (χ0) is 33.7. The summed E-state index contributed by atoms with van der Waals surface area (Å²) in [6.07, 6.45) is 3.79. The molecule has 1 aliphatic heterocycles. The predicted molar refractivity (Wildman–Crippen MR) is 169 cm³/mol. The lowest BCUT2D eigenvalue weighted by molar-refractivity contribution is -0.111. The van der Waals surface area contributed by atoms with Crippen LogP contribution in [-0.2, 0) is 14.8 Å². The van der Waals surface area contributed by atoms with Gasteiger partial charge in [-0.05, 0) is 66.9 Å². The van der Waals surface area contributed by atoms with E-state index < -0.39 is 39.5 Å². The summed E-state index contributed by atoms with van der Waals surface area (Å²) in [5, 5.41) is 12.7. The second-order valence-electron chi connectivity index (χ2n) is 10.2. The number of rotatable bonds is 9. The molecule has 1 amide bonds. The van der Waals surface area contributed by atoms with Crippen molar-refractivity contribution < 1.29 is 35.9 Å². The number of hydrogen-bond acceptors (Lipinski definition) is 8. The Labute approximate surface area is 271 Å². The maximum Gasteiger partial charge on any atom is 0.387 e. The van der Waals surface area contributed by atoms with Gasteiger partial charge in [0.25, 0.3) is 11.5 Å². The van der Waals surface area contributed by atoms with Crippen LogP contribution in [0, 0.1) is 17.1 Å². The van der Waals surface area contributed by atoms with Crippen LogP contribution in [0.5, 0.6) is 11.5 Å². The van der Waals surface area contributed by atoms with Crippen molar-refractivity contribution >= 4 is 44.6 Å². The fourth-order valence-electron chi connectivity index (χ4n) is 5.00. The number of benzene rings is 3. The summed E-state index contributed by atoms with van der Waals surface area (Å²) in [5.74, 6) is -2.05. The van der Waals surface area contributed by atoms with Gasteiger partial charge in [-0.2, -0.15) is 18.3 Å². The first-order chi connectivity index (χ1) is 22.5. The summed E-state index contributed by atoms with van der Waals surface area (Å²) in [7, 11) is -2.58. The fraction of sp³-hybridized carbons (Fsp3) is 0.219. The first-order valence-corrected chi connectivity index (χ1v) is 16.5. The Balaban J connectivity index is 1.61. The first-order valence-electron chi connectivity index (χ1n) is 14.2. The fourth-order valence-corrected chi connectivity index (χ4v) is 7.66. The molecule has 1 saturated heterocycles. The minimum atomic E-state index is -3.82. The number of nitrogens with one attached hydrogen (secondary N) is 1. The lowest BCUT2D eigenvalue weighted by atomic mass is 10.2. The van der Waals surface area contributed by atoms with Gasteiger partial charge in [-0.15, -0.1) is 11.3 Å². The van der Waals surface area contributed by atoms with Crippen molar-refractivity contribution in [2.75, 3.05) is 25.5 Å². The highest BCUT2D eigenvalue weighted by Gasteiger charge is 2.26. The number of methoxy groups -OCH3 is 1. The number of alkyl halides is 2. The van der Waals surface area contributed by atoms with E-state index in [4.69, 9.17) is 4.74 Å². The molecule has 2 heterocycles. The monoisotopic (exact) mass is 684 g/mol. The summed E-state index contributed by atoms with van der Waals surface area (Å²) < 4.78 is 78.6. The molecule has 15 heteroatoms. The molecular formula is C32H27F3N4O6S2. The lowest BCUT2D eigenvalue weighted by Crippen LogP contribution is -2.35. The Hall–Kier alpha value is -4.91. The number of ether oxygens (including phenoxy) is 2. The average Bonchev–Trinajstić information content (AvgIpc) is 3.37. The normalized spacial score (nSPS) is 14.9. The molecule has 1 aromatic heterocycles. The number of piperidine rings is 1. The number of amides is 1. The van der Waals surface area contributed by atoms with E-state index in [0.717, 1.165) is 41.2 Å². The molecule has 47 heavy (non-hydrogen) atoms. The zero-order valence-electron chi connectivity index (χ0n) is 24.8. The van der Waals surface area contributed by atoms with E-state index in [1.54, 1.807) is 6.07 Å². The van der Waals surface area contributed by atoms with Gasteiger partial charge in [0.05, 0.1) is 22.2 Å². The number of nitriles is 1. The van der Waals surface area contributed by atoms with Gasteiger partial charge in [-0.1, -0.05) is 30.7 Å². The zero-order valence-corrected chi connectivity index (χ0v) is 26.4. The molecule has 0 unspecified atom stereocenters. The van der Waals surface area contributed by atoms with Crippen LogP contribution >= 0.6 is 11.3 Å². The maximum atomic E-state index is 15.0. The average molecular weight is 685 g/mol. The van der Waals surface area contributed by atoms with Crippen LogP contribution < -0.4 is 29.5 Å². The van der Waals surface area contributed by atoms with E-state index in [2.05, 4.69) is 10.1 Å². The topological polar surface area (TPSA) is 131 Å². The number of hydrogen-bond donors (Lipinski definition) is 1. The van der Waals surface area contributed by atoms with E-state index in [0.29, 0.717) is 18.7 Å². The molecule has 4 aromatic rings. The number of halogens is 3.